The maximum Gasteiger partial charge on any atom is 0.0795 e. The maximum atomic E-state index is 6.08. The molecule has 0 saturated heterocycles. The van der Waals surface area contributed by atoms with E-state index in [1.807, 2.05) is 25.4 Å². The van der Waals surface area contributed by atoms with Crippen LogP contribution in [-0.2, 0) is 13.5 Å². The van der Waals surface area contributed by atoms with E-state index in [-0.39, 0.29) is 6.04 Å². The number of hydrogen-bond donors (Lipinski definition) is 1. The SMILES string of the molecule is Cn1ccc(C(N)Cc2sccc2Br)n1. The van der Waals surface area contributed by atoms with Crippen molar-refractivity contribution in [3.05, 3.63) is 38.8 Å². The Morgan fingerprint density at radius 3 is 2.93 bits per heavy atom. The molecule has 0 aliphatic carbocycles. The molecule has 2 rings (SSSR count). The summed E-state index contributed by atoms with van der Waals surface area (Å²) in [4.78, 5) is 1.27. The molecule has 0 spiro atoms. The second-order valence-corrected chi connectivity index (χ2v) is 5.27. The zero-order valence-corrected chi connectivity index (χ0v) is 10.8. The minimum Gasteiger partial charge on any atom is -0.322 e. The molecular formula is C10H12BrN3S. The summed E-state index contributed by atoms with van der Waals surface area (Å²) in [6.45, 7) is 0. The van der Waals surface area contributed by atoms with E-state index in [9.17, 15) is 0 Å². The Hall–Kier alpha value is -0.650. The van der Waals surface area contributed by atoms with E-state index in [1.165, 1.54) is 4.88 Å². The number of aromatic nitrogens is 2. The Kier molecular flexibility index (Phi) is 3.23. The molecule has 80 valence electrons. The molecule has 0 radical (unpaired) electrons. The molecule has 15 heavy (non-hydrogen) atoms. The van der Waals surface area contributed by atoms with Crippen molar-refractivity contribution in [1.82, 2.24) is 9.78 Å². The summed E-state index contributed by atoms with van der Waals surface area (Å²) < 4.78 is 2.91. The van der Waals surface area contributed by atoms with Crippen molar-refractivity contribution < 1.29 is 0 Å². The molecule has 2 N–H and O–H groups in total. The molecule has 0 amide bonds. The van der Waals surface area contributed by atoms with Gasteiger partial charge >= 0.3 is 0 Å². The molecule has 1 unspecified atom stereocenters. The number of nitrogens with zero attached hydrogens (tertiary/aromatic N) is 2. The van der Waals surface area contributed by atoms with E-state index in [4.69, 9.17) is 5.73 Å². The van der Waals surface area contributed by atoms with Gasteiger partial charge in [0, 0.05) is 29.0 Å². The molecular weight excluding hydrogens is 274 g/mol. The van der Waals surface area contributed by atoms with Gasteiger partial charge in [-0.1, -0.05) is 0 Å². The van der Waals surface area contributed by atoms with Crippen molar-refractivity contribution in [2.75, 3.05) is 0 Å². The quantitative estimate of drug-likeness (QED) is 0.942. The van der Waals surface area contributed by atoms with Gasteiger partial charge in [0.1, 0.15) is 0 Å². The Morgan fingerprint density at radius 2 is 2.40 bits per heavy atom. The third-order valence-corrected chi connectivity index (χ3v) is 4.16. The normalized spacial score (nSPS) is 13.0. The van der Waals surface area contributed by atoms with Gasteiger partial charge in [0.05, 0.1) is 11.7 Å². The molecule has 5 heteroatoms. The van der Waals surface area contributed by atoms with Crippen LogP contribution in [0.3, 0.4) is 0 Å². The van der Waals surface area contributed by atoms with Crippen LogP contribution in [0.4, 0.5) is 0 Å². The van der Waals surface area contributed by atoms with Crippen molar-refractivity contribution in [1.29, 1.82) is 0 Å². The highest BCUT2D eigenvalue weighted by atomic mass is 79.9. The third-order valence-electron chi connectivity index (χ3n) is 2.21. The van der Waals surface area contributed by atoms with E-state index >= 15 is 0 Å². The van der Waals surface area contributed by atoms with Gasteiger partial charge < -0.3 is 5.73 Å². The minimum atomic E-state index is -0.0267. The largest absolute Gasteiger partial charge is 0.322 e. The molecule has 2 aromatic heterocycles. The molecule has 2 aromatic rings. The van der Waals surface area contributed by atoms with Gasteiger partial charge in [-0.25, -0.2) is 0 Å². The fourth-order valence-electron chi connectivity index (χ4n) is 1.41. The standard InChI is InChI=1S/C10H12BrN3S/c1-14-4-2-9(13-14)8(12)6-10-7(11)3-5-15-10/h2-5,8H,6,12H2,1H3. The highest BCUT2D eigenvalue weighted by Crippen LogP contribution is 2.26. The third kappa shape index (κ3) is 2.48. The Morgan fingerprint density at radius 1 is 1.60 bits per heavy atom. The monoisotopic (exact) mass is 285 g/mol. The van der Waals surface area contributed by atoms with Gasteiger partial charge in [-0.2, -0.15) is 5.10 Å². The highest BCUT2D eigenvalue weighted by molar-refractivity contribution is 9.10. The maximum absolute atomic E-state index is 6.08. The van der Waals surface area contributed by atoms with Crippen LogP contribution in [-0.4, -0.2) is 9.78 Å². The van der Waals surface area contributed by atoms with Crippen molar-refractivity contribution in [3.63, 3.8) is 0 Å². The lowest BCUT2D eigenvalue weighted by molar-refractivity contribution is 0.660. The average Bonchev–Trinajstić information content (AvgIpc) is 2.77. The van der Waals surface area contributed by atoms with Gasteiger partial charge in [0.2, 0.25) is 0 Å². The van der Waals surface area contributed by atoms with Crippen LogP contribution in [0.2, 0.25) is 0 Å². The van der Waals surface area contributed by atoms with E-state index in [0.29, 0.717) is 0 Å². The second kappa shape index (κ2) is 4.47. The molecule has 0 aliphatic heterocycles. The van der Waals surface area contributed by atoms with E-state index in [2.05, 4.69) is 26.4 Å². The van der Waals surface area contributed by atoms with Gasteiger partial charge in [0.25, 0.3) is 0 Å². The van der Waals surface area contributed by atoms with Gasteiger partial charge in [-0.3, -0.25) is 4.68 Å². The molecule has 1 atom stereocenters. The van der Waals surface area contributed by atoms with E-state index in [0.717, 1.165) is 16.6 Å². The predicted molar refractivity (Wildman–Crippen MR) is 65.9 cm³/mol. The summed E-state index contributed by atoms with van der Waals surface area (Å²) in [6.07, 6.45) is 2.74. The van der Waals surface area contributed by atoms with Gasteiger partial charge in [-0.15, -0.1) is 11.3 Å². The van der Waals surface area contributed by atoms with E-state index in [1.54, 1.807) is 16.0 Å². The molecule has 2 heterocycles. The van der Waals surface area contributed by atoms with E-state index < -0.39 is 0 Å². The second-order valence-electron chi connectivity index (χ2n) is 3.42. The number of hydrogen-bond acceptors (Lipinski definition) is 3. The van der Waals surface area contributed by atoms with Crippen LogP contribution < -0.4 is 5.73 Å². The van der Waals surface area contributed by atoms with Crippen molar-refractivity contribution in [2.24, 2.45) is 12.8 Å². The molecule has 3 nitrogen and oxygen atoms in total. The van der Waals surface area contributed by atoms with Crippen LogP contribution in [0, 0.1) is 0 Å². The molecule has 0 aromatic carbocycles. The first-order valence-electron chi connectivity index (χ1n) is 4.64. The molecule has 0 saturated carbocycles. The number of halogens is 1. The lowest BCUT2D eigenvalue weighted by Crippen LogP contribution is -2.13. The Labute approximate surface area is 101 Å². The first-order valence-corrected chi connectivity index (χ1v) is 6.31. The van der Waals surface area contributed by atoms with Crippen LogP contribution in [0.15, 0.2) is 28.2 Å². The summed E-state index contributed by atoms with van der Waals surface area (Å²) in [5.41, 5.74) is 7.02. The molecule has 0 bridgehead atoms. The predicted octanol–water partition coefficient (Wildman–Crippen LogP) is 2.49. The summed E-state index contributed by atoms with van der Waals surface area (Å²) >= 11 is 5.22. The Bertz CT molecular complexity index is 449. The summed E-state index contributed by atoms with van der Waals surface area (Å²) in [7, 11) is 1.90. The first-order chi connectivity index (χ1) is 7.16. The zero-order valence-electron chi connectivity index (χ0n) is 8.35. The minimum absolute atomic E-state index is 0.0267. The zero-order chi connectivity index (χ0) is 10.8. The highest BCUT2D eigenvalue weighted by Gasteiger charge is 2.12. The van der Waals surface area contributed by atoms with Crippen molar-refractivity contribution >= 4 is 27.3 Å². The fraction of sp³-hybridized carbons (Fsp3) is 0.300. The number of thiophene rings is 1. The number of aryl methyl sites for hydroxylation is 1. The molecule has 0 aliphatic rings. The lowest BCUT2D eigenvalue weighted by atomic mass is 10.1. The smallest absolute Gasteiger partial charge is 0.0795 e. The van der Waals surface area contributed by atoms with Crippen LogP contribution >= 0.6 is 27.3 Å². The first kappa shape index (κ1) is 10.9. The van der Waals surface area contributed by atoms with Crippen molar-refractivity contribution in [3.8, 4) is 0 Å². The van der Waals surface area contributed by atoms with Crippen molar-refractivity contribution in [2.45, 2.75) is 12.5 Å². The average molecular weight is 286 g/mol. The summed E-state index contributed by atoms with van der Waals surface area (Å²) in [5, 5.41) is 6.36. The van der Waals surface area contributed by atoms with Crippen LogP contribution in [0.25, 0.3) is 0 Å². The topological polar surface area (TPSA) is 43.8 Å². The lowest BCUT2D eigenvalue weighted by Gasteiger charge is -2.07. The number of rotatable bonds is 3. The van der Waals surface area contributed by atoms with Gasteiger partial charge in [-0.05, 0) is 33.4 Å². The summed E-state index contributed by atoms with van der Waals surface area (Å²) in [6, 6.07) is 3.98. The molecule has 0 fully saturated rings. The van der Waals surface area contributed by atoms with Crippen LogP contribution in [0.5, 0.6) is 0 Å². The summed E-state index contributed by atoms with van der Waals surface area (Å²) in [5.74, 6) is 0. The number of nitrogens with two attached hydrogens (primary N) is 1. The fourth-order valence-corrected chi connectivity index (χ4v) is 2.98. The van der Waals surface area contributed by atoms with Crippen LogP contribution in [0.1, 0.15) is 16.6 Å². The Balaban J connectivity index is 2.10. The van der Waals surface area contributed by atoms with Gasteiger partial charge in [0.15, 0.2) is 0 Å².